The zero-order valence-corrected chi connectivity index (χ0v) is 17.8. The first-order valence-electron chi connectivity index (χ1n) is 8.94. The van der Waals surface area contributed by atoms with E-state index in [9.17, 15) is 8.42 Å². The van der Waals surface area contributed by atoms with E-state index in [0.717, 1.165) is 17.3 Å². The molecule has 0 radical (unpaired) electrons. The molecule has 1 aliphatic rings. The quantitative estimate of drug-likeness (QED) is 0.641. The van der Waals surface area contributed by atoms with Crippen LogP contribution in [0.15, 0.2) is 46.5 Å². The summed E-state index contributed by atoms with van der Waals surface area (Å²) in [7, 11) is -3.49. The Kier molecular flexibility index (Phi) is 4.50. The minimum atomic E-state index is -3.49. The third kappa shape index (κ3) is 3.20. The van der Waals surface area contributed by atoms with Crippen molar-refractivity contribution in [3.05, 3.63) is 42.2 Å². The largest absolute Gasteiger partial charge is 0.375 e. The standard InChI is InChI=1S/C20H22N4O2S2/c1-12-7-15-14(9-18(12)28(25,26)20(2,3)4)19(22-10-21-15)24-13-5-6-17-16(8-13)23-11-27-17/h5-10,23H,11H2,1-4H3,(H,21,22,24). The van der Waals surface area contributed by atoms with Gasteiger partial charge in [0.05, 0.1) is 26.7 Å². The predicted octanol–water partition coefficient (Wildman–Crippen LogP) is 4.73. The summed E-state index contributed by atoms with van der Waals surface area (Å²) < 4.78 is 25.2. The third-order valence-corrected chi connectivity index (χ3v) is 8.35. The summed E-state index contributed by atoms with van der Waals surface area (Å²) >= 11 is 1.76. The van der Waals surface area contributed by atoms with Crippen molar-refractivity contribution in [1.82, 2.24) is 9.97 Å². The molecule has 0 bridgehead atoms. The van der Waals surface area contributed by atoms with E-state index in [1.54, 1.807) is 45.5 Å². The molecule has 8 heteroatoms. The van der Waals surface area contributed by atoms with Gasteiger partial charge in [0.2, 0.25) is 0 Å². The topological polar surface area (TPSA) is 84.0 Å². The van der Waals surface area contributed by atoms with Crippen LogP contribution < -0.4 is 10.6 Å². The summed E-state index contributed by atoms with van der Waals surface area (Å²) in [5.41, 5.74) is 3.36. The van der Waals surface area contributed by atoms with Crippen LogP contribution >= 0.6 is 11.8 Å². The van der Waals surface area contributed by atoms with Crippen molar-refractivity contribution < 1.29 is 8.42 Å². The SMILES string of the molecule is Cc1cc2ncnc(Nc3ccc4c(c3)NCS4)c2cc1S(=O)(=O)C(C)(C)C. The first-order valence-corrected chi connectivity index (χ1v) is 11.4. The van der Waals surface area contributed by atoms with Gasteiger partial charge in [-0.1, -0.05) is 0 Å². The molecule has 3 aromatic rings. The monoisotopic (exact) mass is 414 g/mol. The lowest BCUT2D eigenvalue weighted by Crippen LogP contribution is -2.28. The molecule has 0 atom stereocenters. The van der Waals surface area contributed by atoms with Crippen molar-refractivity contribution in [2.45, 2.75) is 42.2 Å². The van der Waals surface area contributed by atoms with Crippen LogP contribution in [0.25, 0.3) is 10.9 Å². The van der Waals surface area contributed by atoms with Crippen LogP contribution in [0.2, 0.25) is 0 Å². The molecule has 2 aromatic carbocycles. The molecule has 1 aromatic heterocycles. The fourth-order valence-electron chi connectivity index (χ4n) is 3.11. The summed E-state index contributed by atoms with van der Waals surface area (Å²) in [6.45, 7) is 6.93. The number of benzene rings is 2. The number of rotatable bonds is 3. The highest BCUT2D eigenvalue weighted by molar-refractivity contribution is 7.99. The van der Waals surface area contributed by atoms with Gasteiger partial charge in [-0.05, 0) is 63.6 Å². The van der Waals surface area contributed by atoms with Gasteiger partial charge in [-0.2, -0.15) is 0 Å². The average molecular weight is 415 g/mol. The Bertz CT molecular complexity index is 1180. The molecule has 28 heavy (non-hydrogen) atoms. The number of sulfone groups is 1. The van der Waals surface area contributed by atoms with Gasteiger partial charge in [0, 0.05) is 16.0 Å². The maximum Gasteiger partial charge on any atom is 0.183 e. The van der Waals surface area contributed by atoms with Crippen molar-refractivity contribution in [2.75, 3.05) is 16.5 Å². The van der Waals surface area contributed by atoms with Gasteiger partial charge in [0.1, 0.15) is 12.1 Å². The molecule has 0 unspecified atom stereocenters. The minimum Gasteiger partial charge on any atom is -0.375 e. The number of fused-ring (bicyclic) bond motifs is 2. The van der Waals surface area contributed by atoms with Crippen LogP contribution in [0.5, 0.6) is 0 Å². The second-order valence-electron chi connectivity index (χ2n) is 7.77. The molecule has 0 spiro atoms. The Balaban J connectivity index is 1.83. The van der Waals surface area contributed by atoms with E-state index in [-0.39, 0.29) is 0 Å². The lowest BCUT2D eigenvalue weighted by molar-refractivity contribution is 0.560. The number of thioether (sulfide) groups is 1. The van der Waals surface area contributed by atoms with Crippen LogP contribution in [-0.4, -0.2) is 29.0 Å². The van der Waals surface area contributed by atoms with Crippen molar-refractivity contribution in [2.24, 2.45) is 0 Å². The second-order valence-corrected chi connectivity index (χ2v) is 11.5. The van der Waals surface area contributed by atoms with Crippen molar-refractivity contribution >= 4 is 49.7 Å². The van der Waals surface area contributed by atoms with Crippen LogP contribution in [0.4, 0.5) is 17.2 Å². The minimum absolute atomic E-state index is 0.317. The maximum absolute atomic E-state index is 13.0. The third-order valence-electron chi connectivity index (χ3n) is 4.76. The number of nitrogens with zero attached hydrogens (tertiary/aromatic N) is 2. The number of nitrogens with one attached hydrogen (secondary N) is 2. The van der Waals surface area contributed by atoms with Gasteiger partial charge in [0.15, 0.2) is 9.84 Å². The molecular weight excluding hydrogens is 392 g/mol. The van der Waals surface area contributed by atoms with Gasteiger partial charge < -0.3 is 10.6 Å². The van der Waals surface area contributed by atoms with Gasteiger partial charge >= 0.3 is 0 Å². The maximum atomic E-state index is 13.0. The molecule has 146 valence electrons. The van der Waals surface area contributed by atoms with Crippen LogP contribution in [0, 0.1) is 6.92 Å². The summed E-state index contributed by atoms with van der Waals surface area (Å²) in [5.74, 6) is 1.45. The number of anilines is 3. The molecule has 4 rings (SSSR count). The molecule has 0 saturated carbocycles. The lowest BCUT2D eigenvalue weighted by atomic mass is 10.1. The average Bonchev–Trinajstić information content (AvgIpc) is 3.08. The molecule has 1 aliphatic heterocycles. The van der Waals surface area contributed by atoms with Crippen molar-refractivity contribution in [1.29, 1.82) is 0 Å². The lowest BCUT2D eigenvalue weighted by Gasteiger charge is -2.21. The van der Waals surface area contributed by atoms with Gasteiger partial charge in [-0.3, -0.25) is 0 Å². The highest BCUT2D eigenvalue weighted by Crippen LogP contribution is 2.37. The predicted molar refractivity (Wildman–Crippen MR) is 115 cm³/mol. The molecule has 0 saturated heterocycles. The zero-order valence-electron chi connectivity index (χ0n) is 16.2. The first-order chi connectivity index (χ1) is 13.2. The van der Waals surface area contributed by atoms with Crippen LogP contribution in [-0.2, 0) is 9.84 Å². The molecular formula is C20H22N4O2S2. The normalized spacial score (nSPS) is 14.0. The Morgan fingerprint density at radius 2 is 1.93 bits per heavy atom. The van der Waals surface area contributed by atoms with E-state index >= 15 is 0 Å². The highest BCUT2D eigenvalue weighted by Gasteiger charge is 2.32. The summed E-state index contributed by atoms with van der Waals surface area (Å²) in [6, 6.07) is 9.58. The van der Waals surface area contributed by atoms with E-state index in [0.29, 0.717) is 27.2 Å². The van der Waals surface area contributed by atoms with E-state index < -0.39 is 14.6 Å². The van der Waals surface area contributed by atoms with E-state index in [1.165, 1.54) is 11.2 Å². The Labute approximate surface area is 169 Å². The smallest absolute Gasteiger partial charge is 0.183 e. The molecule has 2 heterocycles. The highest BCUT2D eigenvalue weighted by atomic mass is 32.2. The molecule has 0 amide bonds. The second kappa shape index (κ2) is 6.63. The zero-order chi connectivity index (χ0) is 20.1. The van der Waals surface area contributed by atoms with Gasteiger partial charge in [-0.15, -0.1) is 11.8 Å². The van der Waals surface area contributed by atoms with Crippen LogP contribution in [0.3, 0.4) is 0 Å². The van der Waals surface area contributed by atoms with Crippen molar-refractivity contribution in [3.8, 4) is 0 Å². The number of aromatic nitrogens is 2. The van der Waals surface area contributed by atoms with Gasteiger partial charge in [0.25, 0.3) is 0 Å². The van der Waals surface area contributed by atoms with Gasteiger partial charge in [-0.25, -0.2) is 18.4 Å². The number of hydrogen-bond acceptors (Lipinski definition) is 7. The molecule has 0 aliphatic carbocycles. The first kappa shape index (κ1) is 19.0. The molecule has 0 fully saturated rings. The van der Waals surface area contributed by atoms with Crippen molar-refractivity contribution in [3.63, 3.8) is 0 Å². The van der Waals surface area contributed by atoms with E-state index in [4.69, 9.17) is 0 Å². The van der Waals surface area contributed by atoms with E-state index in [2.05, 4.69) is 26.7 Å². The Hall–Kier alpha value is -2.32. The summed E-state index contributed by atoms with van der Waals surface area (Å²) in [5, 5.41) is 7.33. The molecule has 2 N–H and O–H groups in total. The molecule has 6 nitrogen and oxygen atoms in total. The van der Waals surface area contributed by atoms with Crippen LogP contribution in [0.1, 0.15) is 26.3 Å². The number of hydrogen-bond donors (Lipinski definition) is 2. The Morgan fingerprint density at radius 3 is 2.68 bits per heavy atom. The Morgan fingerprint density at radius 1 is 1.14 bits per heavy atom. The summed E-state index contributed by atoms with van der Waals surface area (Å²) in [4.78, 5) is 10.2. The fourth-order valence-corrected chi connectivity index (χ4v) is 5.36. The fraction of sp³-hybridized carbons (Fsp3) is 0.300. The number of aryl methyl sites for hydroxylation is 1. The summed E-state index contributed by atoms with van der Waals surface area (Å²) in [6.07, 6.45) is 1.49. The van der Waals surface area contributed by atoms with E-state index in [1.807, 2.05) is 18.2 Å².